The summed E-state index contributed by atoms with van der Waals surface area (Å²) in [4.78, 5) is 31.2. The number of aryl methyl sites for hydroxylation is 1. The first-order chi connectivity index (χ1) is 18.5. The van der Waals surface area contributed by atoms with Crippen LogP contribution in [-0.4, -0.2) is 59.6 Å². The Morgan fingerprint density at radius 3 is 2.45 bits per heavy atom. The minimum absolute atomic E-state index is 0.147. The maximum Gasteiger partial charge on any atom is 0.259 e. The molecule has 0 spiro atoms. The molecule has 3 heterocycles. The van der Waals surface area contributed by atoms with Crippen LogP contribution < -0.4 is 4.74 Å². The normalized spacial score (nSPS) is 19.8. The van der Waals surface area contributed by atoms with Crippen molar-refractivity contribution < 1.29 is 18.8 Å². The maximum absolute atomic E-state index is 14.0. The summed E-state index contributed by atoms with van der Waals surface area (Å²) in [5.41, 5.74) is 1.03. The molecule has 0 aliphatic carbocycles. The number of aromatic nitrogens is 1. The summed E-state index contributed by atoms with van der Waals surface area (Å²) in [5, 5.41) is 4.70. The molecule has 2 aliphatic rings. The van der Waals surface area contributed by atoms with Gasteiger partial charge in [-0.2, -0.15) is 0 Å². The first kappa shape index (κ1) is 26.3. The molecule has 3 aromatic rings. The van der Waals surface area contributed by atoms with E-state index in [4.69, 9.17) is 20.9 Å². The van der Waals surface area contributed by atoms with Crippen molar-refractivity contribution in [3.05, 3.63) is 70.9 Å². The summed E-state index contributed by atoms with van der Waals surface area (Å²) >= 11 is 6.44. The highest BCUT2D eigenvalue weighted by Gasteiger charge is 2.42. The van der Waals surface area contributed by atoms with Crippen molar-refractivity contribution in [2.75, 3.05) is 32.8 Å². The molecule has 0 N–H and O–H groups in total. The predicted molar refractivity (Wildman–Crippen MR) is 146 cm³/mol. The van der Waals surface area contributed by atoms with E-state index in [0.29, 0.717) is 53.7 Å². The van der Waals surface area contributed by atoms with Gasteiger partial charge in [0.25, 0.3) is 5.91 Å². The van der Waals surface area contributed by atoms with Gasteiger partial charge in [-0.3, -0.25) is 9.59 Å². The van der Waals surface area contributed by atoms with Crippen LogP contribution >= 0.6 is 11.6 Å². The van der Waals surface area contributed by atoms with E-state index in [1.165, 1.54) is 6.42 Å². The zero-order valence-electron chi connectivity index (χ0n) is 21.8. The number of likely N-dealkylation sites (tertiary alicyclic amines) is 2. The number of amides is 2. The third-order valence-electron chi connectivity index (χ3n) is 7.68. The number of carbonyl (C=O) groups excluding carboxylic acids is 2. The van der Waals surface area contributed by atoms with Crippen LogP contribution in [0.25, 0.3) is 11.3 Å². The van der Waals surface area contributed by atoms with Crippen LogP contribution in [0, 0.1) is 12.3 Å². The number of ether oxygens (including phenoxy) is 1. The van der Waals surface area contributed by atoms with Gasteiger partial charge < -0.3 is 19.1 Å². The standard InChI is InChI=1S/C30H34ClN3O4/c1-22-27(28(32-38-22)24-13-6-7-14-25(24)31)29(36)34-18-10-15-30(20-34,21-37-23-11-4-2-5-12-23)19-26(35)33-16-8-3-9-17-33/h2,4-7,11-14H,3,8-10,15-21H2,1H3. The van der Waals surface area contributed by atoms with E-state index in [-0.39, 0.29) is 11.8 Å². The molecular formula is C30H34ClN3O4. The van der Waals surface area contributed by atoms with Crippen LogP contribution in [0.4, 0.5) is 0 Å². The molecule has 1 atom stereocenters. The van der Waals surface area contributed by atoms with Gasteiger partial charge in [0.05, 0.1) is 11.6 Å². The zero-order chi connectivity index (χ0) is 26.5. The quantitative estimate of drug-likeness (QED) is 0.370. The fraction of sp³-hybridized carbons (Fsp3) is 0.433. The summed E-state index contributed by atoms with van der Waals surface area (Å²) in [6.07, 6.45) is 5.19. The molecule has 7 nitrogen and oxygen atoms in total. The van der Waals surface area contributed by atoms with Gasteiger partial charge in [-0.25, -0.2) is 0 Å². The van der Waals surface area contributed by atoms with Gasteiger partial charge in [0.1, 0.15) is 22.8 Å². The summed E-state index contributed by atoms with van der Waals surface area (Å²) < 4.78 is 11.7. The lowest BCUT2D eigenvalue weighted by Gasteiger charge is -2.43. The number of hydrogen-bond donors (Lipinski definition) is 0. The first-order valence-corrected chi connectivity index (χ1v) is 13.8. The van der Waals surface area contributed by atoms with Gasteiger partial charge in [0, 0.05) is 43.6 Å². The molecular weight excluding hydrogens is 502 g/mol. The molecule has 8 heteroatoms. The molecule has 2 aromatic carbocycles. The number of halogens is 1. The number of carbonyl (C=O) groups is 2. The fourth-order valence-corrected chi connectivity index (χ4v) is 5.87. The maximum atomic E-state index is 14.0. The lowest BCUT2D eigenvalue weighted by Crippen LogP contribution is -2.51. The lowest BCUT2D eigenvalue weighted by atomic mass is 9.77. The molecule has 5 rings (SSSR count). The van der Waals surface area contributed by atoms with Crippen molar-refractivity contribution in [1.82, 2.24) is 15.0 Å². The van der Waals surface area contributed by atoms with Gasteiger partial charge in [0.2, 0.25) is 5.91 Å². The number of benzene rings is 2. The minimum atomic E-state index is -0.492. The Hall–Kier alpha value is -3.32. The Morgan fingerprint density at radius 1 is 0.974 bits per heavy atom. The van der Waals surface area contributed by atoms with Crippen LogP contribution in [0.3, 0.4) is 0 Å². The monoisotopic (exact) mass is 535 g/mol. The number of nitrogens with zero attached hydrogens (tertiary/aromatic N) is 3. The average Bonchev–Trinajstić information content (AvgIpc) is 3.34. The van der Waals surface area contributed by atoms with E-state index >= 15 is 0 Å². The Balaban J connectivity index is 1.41. The van der Waals surface area contributed by atoms with Crippen LogP contribution in [0.15, 0.2) is 59.1 Å². The first-order valence-electron chi connectivity index (χ1n) is 13.4. The highest BCUT2D eigenvalue weighted by molar-refractivity contribution is 6.33. The van der Waals surface area contributed by atoms with Crippen molar-refractivity contribution >= 4 is 23.4 Å². The average molecular weight is 536 g/mol. The molecule has 1 aromatic heterocycles. The smallest absolute Gasteiger partial charge is 0.259 e. The van der Waals surface area contributed by atoms with Crippen molar-refractivity contribution in [2.24, 2.45) is 5.41 Å². The third kappa shape index (κ3) is 5.73. The highest BCUT2D eigenvalue weighted by Crippen LogP contribution is 2.38. The summed E-state index contributed by atoms with van der Waals surface area (Å²) in [6.45, 7) is 4.73. The lowest BCUT2D eigenvalue weighted by molar-refractivity contribution is -0.136. The molecule has 38 heavy (non-hydrogen) atoms. The summed E-state index contributed by atoms with van der Waals surface area (Å²) in [5.74, 6) is 1.20. The van der Waals surface area contributed by atoms with E-state index in [9.17, 15) is 9.59 Å². The van der Waals surface area contributed by atoms with E-state index in [1.807, 2.05) is 58.3 Å². The van der Waals surface area contributed by atoms with Gasteiger partial charge in [-0.1, -0.05) is 53.2 Å². The molecule has 200 valence electrons. The second-order valence-corrected chi connectivity index (χ2v) is 10.9. The molecule has 2 aliphatic heterocycles. The number of para-hydroxylation sites is 1. The number of piperidine rings is 2. The molecule has 0 radical (unpaired) electrons. The summed E-state index contributed by atoms with van der Waals surface area (Å²) in [7, 11) is 0. The van der Waals surface area contributed by atoms with E-state index < -0.39 is 5.41 Å². The predicted octanol–water partition coefficient (Wildman–Crippen LogP) is 6.01. The Labute approximate surface area is 228 Å². The summed E-state index contributed by atoms with van der Waals surface area (Å²) in [6, 6.07) is 17.0. The van der Waals surface area contributed by atoms with Crippen molar-refractivity contribution in [3.63, 3.8) is 0 Å². The minimum Gasteiger partial charge on any atom is -0.493 e. The Kier molecular flexibility index (Phi) is 8.03. The van der Waals surface area contributed by atoms with Crippen LogP contribution in [-0.2, 0) is 4.79 Å². The van der Waals surface area contributed by atoms with Crippen LogP contribution in [0.1, 0.15) is 54.6 Å². The van der Waals surface area contributed by atoms with Crippen LogP contribution in [0.2, 0.25) is 5.02 Å². The highest BCUT2D eigenvalue weighted by atomic mass is 35.5. The number of rotatable bonds is 7. The second-order valence-electron chi connectivity index (χ2n) is 10.5. The SMILES string of the molecule is Cc1onc(-c2ccccc2Cl)c1C(=O)N1CCCC(COc2ccccc2)(CC(=O)N2CCCCC2)C1. The van der Waals surface area contributed by atoms with Gasteiger partial charge in [0.15, 0.2) is 0 Å². The molecule has 1 unspecified atom stereocenters. The molecule has 2 fully saturated rings. The molecule has 0 bridgehead atoms. The molecule has 0 saturated carbocycles. The van der Waals surface area contributed by atoms with Crippen molar-refractivity contribution in [2.45, 2.75) is 45.4 Å². The van der Waals surface area contributed by atoms with Gasteiger partial charge in [-0.15, -0.1) is 0 Å². The van der Waals surface area contributed by atoms with E-state index in [2.05, 4.69) is 5.16 Å². The van der Waals surface area contributed by atoms with Crippen LogP contribution in [0.5, 0.6) is 5.75 Å². The third-order valence-corrected chi connectivity index (χ3v) is 8.01. The fourth-order valence-electron chi connectivity index (χ4n) is 5.64. The van der Waals surface area contributed by atoms with E-state index in [0.717, 1.165) is 44.5 Å². The van der Waals surface area contributed by atoms with E-state index in [1.54, 1.807) is 13.0 Å². The Morgan fingerprint density at radius 2 is 1.68 bits per heavy atom. The molecule has 2 amide bonds. The second kappa shape index (κ2) is 11.6. The zero-order valence-corrected chi connectivity index (χ0v) is 22.6. The topological polar surface area (TPSA) is 75.9 Å². The van der Waals surface area contributed by atoms with Crippen molar-refractivity contribution in [3.8, 4) is 17.0 Å². The van der Waals surface area contributed by atoms with Gasteiger partial charge >= 0.3 is 0 Å². The Bertz CT molecular complexity index is 1270. The van der Waals surface area contributed by atoms with Crippen molar-refractivity contribution in [1.29, 1.82) is 0 Å². The largest absolute Gasteiger partial charge is 0.493 e. The van der Waals surface area contributed by atoms with Gasteiger partial charge in [-0.05, 0) is 57.2 Å². The number of hydrogen-bond acceptors (Lipinski definition) is 5. The molecule has 2 saturated heterocycles.